The van der Waals surface area contributed by atoms with E-state index in [-0.39, 0.29) is 30.9 Å². The van der Waals surface area contributed by atoms with Crippen LogP contribution in [0.15, 0.2) is 30.6 Å². The van der Waals surface area contributed by atoms with Crippen LogP contribution in [0.5, 0.6) is 0 Å². The molecule has 0 fully saturated rings. The van der Waals surface area contributed by atoms with Crippen molar-refractivity contribution in [2.75, 3.05) is 12.0 Å². The van der Waals surface area contributed by atoms with Crippen molar-refractivity contribution in [2.45, 2.75) is 26.3 Å². The van der Waals surface area contributed by atoms with E-state index in [1.165, 1.54) is 6.33 Å². The van der Waals surface area contributed by atoms with Crippen LogP contribution in [0.4, 0.5) is 4.79 Å². The molecule has 0 unspecified atom stereocenters. The Morgan fingerprint density at radius 2 is 2.05 bits per heavy atom. The number of carbonyl (C=O) groups is 2. The monoisotopic (exact) mass is 289 g/mol. The summed E-state index contributed by atoms with van der Waals surface area (Å²) in [5.74, 6) is -0.0848. The fraction of sp³-hybridized carbons (Fsp3) is 0.357. The second-order valence-corrected chi connectivity index (χ2v) is 4.94. The van der Waals surface area contributed by atoms with Crippen LogP contribution >= 0.6 is 0 Å². The molecular weight excluding hydrogens is 270 g/mol. The molecule has 0 saturated carbocycles. The van der Waals surface area contributed by atoms with E-state index in [1.807, 2.05) is 38.1 Å². The van der Waals surface area contributed by atoms with Gasteiger partial charge in [-0.3, -0.25) is 4.79 Å². The van der Waals surface area contributed by atoms with E-state index in [0.29, 0.717) is 0 Å². The number of hydrogen-bond acceptors (Lipinski definition) is 3. The highest BCUT2D eigenvalue weighted by Crippen LogP contribution is 2.09. The van der Waals surface area contributed by atoms with E-state index in [2.05, 4.69) is 21.0 Å². The summed E-state index contributed by atoms with van der Waals surface area (Å²) >= 11 is 0. The van der Waals surface area contributed by atoms with Gasteiger partial charge in [0.2, 0.25) is 5.91 Å². The summed E-state index contributed by atoms with van der Waals surface area (Å²) in [5, 5.41) is 5.39. The van der Waals surface area contributed by atoms with Gasteiger partial charge in [0.1, 0.15) is 6.33 Å². The maximum Gasteiger partial charge on any atom is 0.333 e. The Labute approximate surface area is 122 Å². The summed E-state index contributed by atoms with van der Waals surface area (Å²) in [6, 6.07) is 7.20. The molecule has 0 atom stereocenters. The summed E-state index contributed by atoms with van der Waals surface area (Å²) in [6.07, 6.45) is 1.78. The predicted octanol–water partition coefficient (Wildman–Crippen LogP) is 1.20. The zero-order valence-corrected chi connectivity index (χ0v) is 12.1. The SMILES string of the molecule is CC(C)NC(=O)CCNC(=O)Nn1cnc2ccccc21. The molecule has 0 bridgehead atoms. The van der Waals surface area contributed by atoms with Gasteiger partial charge in [-0.05, 0) is 26.0 Å². The van der Waals surface area contributed by atoms with Crippen LogP contribution in [-0.2, 0) is 4.79 Å². The molecule has 2 rings (SSSR count). The quantitative estimate of drug-likeness (QED) is 0.773. The van der Waals surface area contributed by atoms with Gasteiger partial charge in [0.15, 0.2) is 0 Å². The Morgan fingerprint density at radius 3 is 2.81 bits per heavy atom. The zero-order valence-electron chi connectivity index (χ0n) is 12.1. The van der Waals surface area contributed by atoms with E-state index in [0.717, 1.165) is 11.0 Å². The number of imidazole rings is 1. The highest BCUT2D eigenvalue weighted by atomic mass is 16.2. The molecule has 7 nitrogen and oxygen atoms in total. The van der Waals surface area contributed by atoms with Gasteiger partial charge in [0.05, 0.1) is 11.0 Å². The number of para-hydroxylation sites is 2. The van der Waals surface area contributed by atoms with Crippen LogP contribution in [0.1, 0.15) is 20.3 Å². The average Bonchev–Trinajstić information content (AvgIpc) is 2.81. The van der Waals surface area contributed by atoms with Gasteiger partial charge in [0.25, 0.3) is 0 Å². The normalized spacial score (nSPS) is 10.6. The molecule has 112 valence electrons. The van der Waals surface area contributed by atoms with E-state index in [4.69, 9.17) is 0 Å². The van der Waals surface area contributed by atoms with Gasteiger partial charge in [0, 0.05) is 19.0 Å². The van der Waals surface area contributed by atoms with Gasteiger partial charge < -0.3 is 10.6 Å². The molecule has 3 N–H and O–H groups in total. The van der Waals surface area contributed by atoms with Crippen LogP contribution in [0.25, 0.3) is 11.0 Å². The van der Waals surface area contributed by atoms with Crippen molar-refractivity contribution >= 4 is 23.0 Å². The third-order valence-electron chi connectivity index (χ3n) is 2.76. The van der Waals surface area contributed by atoms with E-state index in [1.54, 1.807) is 4.68 Å². The molecule has 0 aliphatic heterocycles. The average molecular weight is 289 g/mol. The lowest BCUT2D eigenvalue weighted by molar-refractivity contribution is -0.121. The first-order chi connectivity index (χ1) is 10.1. The molecule has 0 saturated heterocycles. The largest absolute Gasteiger partial charge is 0.354 e. The Balaban J connectivity index is 1.81. The minimum Gasteiger partial charge on any atom is -0.354 e. The van der Waals surface area contributed by atoms with Crippen LogP contribution in [0.2, 0.25) is 0 Å². The number of fused-ring (bicyclic) bond motifs is 1. The van der Waals surface area contributed by atoms with Gasteiger partial charge >= 0.3 is 6.03 Å². The number of rotatable bonds is 5. The Bertz CT molecular complexity index is 635. The molecule has 3 amide bonds. The molecule has 0 radical (unpaired) electrons. The molecule has 7 heteroatoms. The molecule has 1 aromatic heterocycles. The molecule has 2 aromatic rings. The molecule has 1 aromatic carbocycles. The fourth-order valence-corrected chi connectivity index (χ4v) is 1.88. The van der Waals surface area contributed by atoms with Crippen molar-refractivity contribution in [3.05, 3.63) is 30.6 Å². The van der Waals surface area contributed by atoms with Crippen LogP contribution in [0.3, 0.4) is 0 Å². The Kier molecular flexibility index (Phi) is 4.76. The van der Waals surface area contributed by atoms with Crippen LogP contribution in [-0.4, -0.2) is 34.2 Å². The van der Waals surface area contributed by atoms with E-state index in [9.17, 15) is 9.59 Å². The van der Waals surface area contributed by atoms with Crippen LogP contribution < -0.4 is 16.1 Å². The minimum absolute atomic E-state index is 0.0848. The van der Waals surface area contributed by atoms with Gasteiger partial charge in [-0.1, -0.05) is 12.1 Å². The zero-order chi connectivity index (χ0) is 15.2. The van der Waals surface area contributed by atoms with Crippen molar-refractivity contribution in [2.24, 2.45) is 0 Å². The molecule has 21 heavy (non-hydrogen) atoms. The Hall–Kier alpha value is -2.57. The lowest BCUT2D eigenvalue weighted by Gasteiger charge is -2.10. The number of amides is 3. The summed E-state index contributed by atoms with van der Waals surface area (Å²) in [4.78, 5) is 27.4. The number of hydrogen-bond donors (Lipinski definition) is 3. The molecular formula is C14H19N5O2. The number of nitrogens with zero attached hydrogens (tertiary/aromatic N) is 2. The maximum absolute atomic E-state index is 11.8. The maximum atomic E-state index is 11.8. The standard InChI is InChI=1S/C14H19N5O2/c1-10(2)17-13(20)7-8-15-14(21)18-19-9-16-11-5-3-4-6-12(11)19/h3-6,9-10H,7-8H2,1-2H3,(H,17,20)(H2,15,18,21). The summed E-state index contributed by atoms with van der Waals surface area (Å²) in [5.41, 5.74) is 4.26. The minimum atomic E-state index is -0.379. The lowest BCUT2D eigenvalue weighted by atomic mass is 10.3. The molecule has 1 heterocycles. The lowest BCUT2D eigenvalue weighted by Crippen LogP contribution is -2.37. The highest BCUT2D eigenvalue weighted by Gasteiger charge is 2.07. The third-order valence-corrected chi connectivity index (χ3v) is 2.76. The smallest absolute Gasteiger partial charge is 0.333 e. The predicted molar refractivity (Wildman–Crippen MR) is 80.4 cm³/mol. The second-order valence-electron chi connectivity index (χ2n) is 4.94. The number of carbonyl (C=O) groups excluding carboxylic acids is 2. The molecule has 0 aliphatic carbocycles. The first kappa shape index (κ1) is 14.8. The Morgan fingerprint density at radius 1 is 1.29 bits per heavy atom. The van der Waals surface area contributed by atoms with Crippen molar-refractivity contribution in [3.63, 3.8) is 0 Å². The first-order valence-corrected chi connectivity index (χ1v) is 6.82. The van der Waals surface area contributed by atoms with Crippen molar-refractivity contribution in [1.29, 1.82) is 0 Å². The summed E-state index contributed by atoms with van der Waals surface area (Å²) in [6.45, 7) is 4.06. The number of urea groups is 1. The van der Waals surface area contributed by atoms with Crippen molar-refractivity contribution in [3.8, 4) is 0 Å². The highest BCUT2D eigenvalue weighted by molar-refractivity contribution is 5.85. The van der Waals surface area contributed by atoms with Gasteiger partial charge in [-0.15, -0.1) is 0 Å². The topological polar surface area (TPSA) is 88.0 Å². The van der Waals surface area contributed by atoms with Crippen LogP contribution in [0, 0.1) is 0 Å². The number of benzene rings is 1. The second kappa shape index (κ2) is 6.74. The number of nitrogens with one attached hydrogen (secondary N) is 3. The first-order valence-electron chi connectivity index (χ1n) is 6.82. The molecule has 0 spiro atoms. The van der Waals surface area contributed by atoms with Crippen molar-refractivity contribution in [1.82, 2.24) is 20.3 Å². The van der Waals surface area contributed by atoms with Crippen molar-refractivity contribution < 1.29 is 9.59 Å². The summed E-state index contributed by atoms with van der Waals surface area (Å²) < 4.78 is 1.54. The fourth-order valence-electron chi connectivity index (χ4n) is 1.88. The van der Waals surface area contributed by atoms with E-state index >= 15 is 0 Å². The van der Waals surface area contributed by atoms with Gasteiger partial charge in [-0.25, -0.2) is 19.9 Å². The molecule has 0 aliphatic rings. The van der Waals surface area contributed by atoms with Gasteiger partial charge in [-0.2, -0.15) is 0 Å². The third kappa shape index (κ3) is 4.20. The van der Waals surface area contributed by atoms with E-state index < -0.39 is 0 Å². The number of aromatic nitrogens is 2. The summed E-state index contributed by atoms with van der Waals surface area (Å²) in [7, 11) is 0.